The van der Waals surface area contributed by atoms with Gasteiger partial charge in [-0.1, -0.05) is 12.2 Å². The molecule has 1 heterocycles. The molecule has 5 nitrogen and oxygen atoms in total. The van der Waals surface area contributed by atoms with Crippen molar-refractivity contribution >= 4 is 22.4 Å². The van der Waals surface area contributed by atoms with Crippen molar-refractivity contribution in [3.8, 4) is 0 Å². The van der Waals surface area contributed by atoms with Crippen LogP contribution < -0.4 is 11.1 Å². The number of nitrogens with zero attached hydrogens (tertiary/aromatic N) is 2. The molecule has 2 rings (SSSR count). The van der Waals surface area contributed by atoms with Crippen LogP contribution >= 0.6 is 0 Å². The maximum Gasteiger partial charge on any atom is 0.137 e. The van der Waals surface area contributed by atoms with Gasteiger partial charge in [0, 0.05) is 17.6 Å². The van der Waals surface area contributed by atoms with Gasteiger partial charge in [-0.25, -0.2) is 9.97 Å². The third-order valence-corrected chi connectivity index (χ3v) is 2.55. The van der Waals surface area contributed by atoms with Crippen LogP contribution in [0.2, 0.25) is 0 Å². The molecule has 0 aliphatic heterocycles. The number of ether oxygens (including phenoxy) is 1. The number of hydrogen-bond acceptors (Lipinski definition) is 5. The topological polar surface area (TPSA) is 73.1 Å². The Morgan fingerprint density at radius 2 is 2.26 bits per heavy atom. The van der Waals surface area contributed by atoms with E-state index in [2.05, 4.69) is 21.9 Å². The maximum atomic E-state index is 5.78. The number of fused-ring (bicyclic) bond motifs is 1. The summed E-state index contributed by atoms with van der Waals surface area (Å²) in [5.74, 6) is 0.774. The Morgan fingerprint density at radius 3 is 3.05 bits per heavy atom. The third kappa shape index (κ3) is 3.66. The second kappa shape index (κ2) is 6.15. The third-order valence-electron chi connectivity index (χ3n) is 2.55. The van der Waals surface area contributed by atoms with Gasteiger partial charge < -0.3 is 15.8 Å². The highest BCUT2D eigenvalue weighted by Crippen LogP contribution is 2.21. The smallest absolute Gasteiger partial charge is 0.137 e. The van der Waals surface area contributed by atoms with E-state index in [0.717, 1.165) is 22.3 Å². The predicted octanol–water partition coefficient (Wildman–Crippen LogP) is 2.22. The molecule has 0 saturated carbocycles. The van der Waals surface area contributed by atoms with E-state index < -0.39 is 0 Å². The molecule has 2 aromatic rings. The van der Waals surface area contributed by atoms with Crippen molar-refractivity contribution in [3.63, 3.8) is 0 Å². The molecule has 5 heteroatoms. The van der Waals surface area contributed by atoms with Crippen LogP contribution in [0, 0.1) is 0 Å². The van der Waals surface area contributed by atoms with Crippen LogP contribution in [-0.4, -0.2) is 29.7 Å². The van der Waals surface area contributed by atoms with Gasteiger partial charge in [0.1, 0.15) is 12.1 Å². The largest absolute Gasteiger partial charge is 0.399 e. The fourth-order valence-corrected chi connectivity index (χ4v) is 1.70. The summed E-state index contributed by atoms with van der Waals surface area (Å²) in [6.07, 6.45) is 1.54. The summed E-state index contributed by atoms with van der Waals surface area (Å²) in [6.45, 7) is 7.58. The number of nitrogen functional groups attached to an aromatic ring is 1. The molecule has 0 bridgehead atoms. The molecule has 19 heavy (non-hydrogen) atoms. The van der Waals surface area contributed by atoms with Crippen LogP contribution in [0.1, 0.15) is 6.92 Å². The number of benzene rings is 1. The molecule has 0 fully saturated rings. The molecule has 0 aliphatic carbocycles. The molecule has 3 N–H and O–H groups in total. The summed E-state index contributed by atoms with van der Waals surface area (Å²) in [5.41, 5.74) is 8.37. The lowest BCUT2D eigenvalue weighted by Crippen LogP contribution is -2.11. The highest BCUT2D eigenvalue weighted by molar-refractivity contribution is 5.91. The van der Waals surface area contributed by atoms with Crippen LogP contribution in [0.3, 0.4) is 0 Å². The zero-order valence-corrected chi connectivity index (χ0v) is 11.0. The van der Waals surface area contributed by atoms with Crippen LogP contribution in [0.5, 0.6) is 0 Å². The van der Waals surface area contributed by atoms with Gasteiger partial charge in [-0.2, -0.15) is 0 Å². The molecular formula is C14H18N4O. The quantitative estimate of drug-likeness (QED) is 0.472. The highest BCUT2D eigenvalue weighted by atomic mass is 16.5. The molecule has 0 spiro atoms. The Hall–Kier alpha value is -2.14. The fraction of sp³-hybridized carbons (Fsp3) is 0.286. The standard InChI is InChI=1S/C14H18N4O/c1-10(2)8-19-6-5-16-14-12-7-11(15)3-4-13(12)17-9-18-14/h3-4,7,9H,1,5-6,8,15H2,2H3,(H,16,17,18). The predicted molar refractivity (Wildman–Crippen MR) is 78.1 cm³/mol. The summed E-state index contributed by atoms with van der Waals surface area (Å²) in [4.78, 5) is 8.43. The Bertz CT molecular complexity index is 583. The normalized spacial score (nSPS) is 10.6. The van der Waals surface area contributed by atoms with Gasteiger partial charge in [-0.15, -0.1) is 0 Å². The van der Waals surface area contributed by atoms with Gasteiger partial charge in [0.2, 0.25) is 0 Å². The van der Waals surface area contributed by atoms with Gasteiger partial charge in [0.25, 0.3) is 0 Å². The Balaban J connectivity index is 2.00. The second-order valence-electron chi connectivity index (χ2n) is 4.44. The SMILES string of the molecule is C=C(C)COCCNc1ncnc2ccc(N)cc12. The molecule has 0 radical (unpaired) electrons. The molecule has 0 aliphatic rings. The van der Waals surface area contributed by atoms with Crippen molar-refractivity contribution in [1.82, 2.24) is 9.97 Å². The average Bonchev–Trinajstić information content (AvgIpc) is 2.38. The van der Waals surface area contributed by atoms with Gasteiger partial charge in [0.15, 0.2) is 0 Å². The van der Waals surface area contributed by atoms with Gasteiger partial charge in [-0.3, -0.25) is 0 Å². The summed E-state index contributed by atoms with van der Waals surface area (Å²) in [6, 6.07) is 5.58. The summed E-state index contributed by atoms with van der Waals surface area (Å²) < 4.78 is 5.42. The molecule has 100 valence electrons. The first-order valence-corrected chi connectivity index (χ1v) is 6.13. The minimum Gasteiger partial charge on any atom is -0.399 e. The van der Waals surface area contributed by atoms with Gasteiger partial charge >= 0.3 is 0 Å². The number of hydrogen-bond donors (Lipinski definition) is 2. The Kier molecular flexibility index (Phi) is 4.30. The molecule has 0 atom stereocenters. The first kappa shape index (κ1) is 13.3. The fourth-order valence-electron chi connectivity index (χ4n) is 1.70. The summed E-state index contributed by atoms with van der Waals surface area (Å²) in [5, 5.41) is 4.15. The van der Waals surface area contributed by atoms with E-state index in [-0.39, 0.29) is 0 Å². The van der Waals surface area contributed by atoms with E-state index in [0.29, 0.717) is 25.4 Å². The first-order chi connectivity index (χ1) is 9.16. The van der Waals surface area contributed by atoms with Gasteiger partial charge in [0.05, 0.1) is 18.7 Å². The number of nitrogens with one attached hydrogen (secondary N) is 1. The summed E-state index contributed by atoms with van der Waals surface area (Å²) >= 11 is 0. The zero-order valence-electron chi connectivity index (χ0n) is 11.0. The van der Waals surface area contributed by atoms with E-state index in [1.165, 1.54) is 6.33 Å². The number of rotatable bonds is 6. The molecule has 1 aromatic heterocycles. The van der Waals surface area contributed by atoms with E-state index >= 15 is 0 Å². The van der Waals surface area contributed by atoms with Crippen molar-refractivity contribution < 1.29 is 4.74 Å². The monoisotopic (exact) mass is 258 g/mol. The molecule has 0 amide bonds. The molecule has 1 aromatic carbocycles. The summed E-state index contributed by atoms with van der Waals surface area (Å²) in [7, 11) is 0. The molecular weight excluding hydrogens is 240 g/mol. The van der Waals surface area contributed by atoms with E-state index in [1.807, 2.05) is 25.1 Å². The second-order valence-corrected chi connectivity index (χ2v) is 4.44. The number of aromatic nitrogens is 2. The maximum absolute atomic E-state index is 5.78. The van der Waals surface area contributed by atoms with Crippen molar-refractivity contribution in [2.45, 2.75) is 6.92 Å². The molecule has 0 unspecified atom stereocenters. The zero-order chi connectivity index (χ0) is 13.7. The lowest BCUT2D eigenvalue weighted by molar-refractivity contribution is 0.167. The van der Waals surface area contributed by atoms with Crippen molar-refractivity contribution in [1.29, 1.82) is 0 Å². The molecule has 0 saturated heterocycles. The number of anilines is 2. The first-order valence-electron chi connectivity index (χ1n) is 6.13. The highest BCUT2D eigenvalue weighted by Gasteiger charge is 2.03. The average molecular weight is 258 g/mol. The Labute approximate surface area is 112 Å². The van der Waals surface area contributed by atoms with Crippen LogP contribution in [-0.2, 0) is 4.74 Å². The van der Waals surface area contributed by atoms with Crippen LogP contribution in [0.4, 0.5) is 11.5 Å². The number of nitrogens with two attached hydrogens (primary N) is 1. The Morgan fingerprint density at radius 1 is 1.42 bits per heavy atom. The van der Waals surface area contributed by atoms with E-state index in [4.69, 9.17) is 10.5 Å². The lowest BCUT2D eigenvalue weighted by Gasteiger charge is -2.09. The van der Waals surface area contributed by atoms with Crippen LogP contribution in [0.25, 0.3) is 10.9 Å². The van der Waals surface area contributed by atoms with E-state index in [9.17, 15) is 0 Å². The van der Waals surface area contributed by atoms with Crippen molar-refractivity contribution in [3.05, 3.63) is 36.7 Å². The van der Waals surface area contributed by atoms with Crippen molar-refractivity contribution in [2.24, 2.45) is 0 Å². The minimum absolute atomic E-state index is 0.582. The minimum atomic E-state index is 0.582. The van der Waals surface area contributed by atoms with E-state index in [1.54, 1.807) is 0 Å². The lowest BCUT2D eigenvalue weighted by atomic mass is 10.2. The van der Waals surface area contributed by atoms with Gasteiger partial charge in [-0.05, 0) is 25.1 Å². The van der Waals surface area contributed by atoms with Crippen molar-refractivity contribution in [2.75, 3.05) is 30.8 Å². The van der Waals surface area contributed by atoms with Crippen LogP contribution in [0.15, 0.2) is 36.7 Å².